The molecule has 4 aromatic rings. The van der Waals surface area contributed by atoms with Gasteiger partial charge in [-0.15, -0.1) is 0 Å². The van der Waals surface area contributed by atoms with E-state index in [0.717, 1.165) is 25.7 Å². The summed E-state index contributed by atoms with van der Waals surface area (Å²) >= 11 is 0. The highest BCUT2D eigenvalue weighted by Crippen LogP contribution is 2.43. The van der Waals surface area contributed by atoms with Crippen LogP contribution < -0.4 is 0 Å². The fourth-order valence-electron chi connectivity index (χ4n) is 6.35. The van der Waals surface area contributed by atoms with Gasteiger partial charge in [0.25, 0.3) is 11.8 Å². The monoisotopic (exact) mass is 672 g/mol. The molecule has 2 amide bonds. The average molecular weight is 673 g/mol. The number of rotatable bonds is 8. The Hall–Kier alpha value is -5.83. The molecule has 1 unspecified atom stereocenters. The van der Waals surface area contributed by atoms with E-state index in [1.54, 1.807) is 59.6 Å². The number of aromatic amines is 1. The number of nitrogens with one attached hydrogen (secondary N) is 1. The Morgan fingerprint density at radius 2 is 1.41 bits per heavy atom. The molecule has 15 heteroatoms. The first-order chi connectivity index (χ1) is 23.4. The van der Waals surface area contributed by atoms with E-state index in [9.17, 15) is 28.8 Å². The number of pyridine rings is 1. The second-order valence-electron chi connectivity index (χ2n) is 11.6. The maximum Gasteiger partial charge on any atom is 0.303 e. The first-order valence-corrected chi connectivity index (χ1v) is 15.3. The lowest BCUT2D eigenvalue weighted by Gasteiger charge is -2.44. The number of nitrogens with zero attached hydrogens (tertiary/aromatic N) is 3. The summed E-state index contributed by atoms with van der Waals surface area (Å²) in [5, 5.41) is 1.17. The molecule has 1 aromatic carbocycles. The van der Waals surface area contributed by atoms with Crippen molar-refractivity contribution in [1.82, 2.24) is 19.4 Å². The van der Waals surface area contributed by atoms with Crippen LogP contribution in [0.4, 0.5) is 0 Å². The highest BCUT2D eigenvalue weighted by molar-refractivity contribution is 6.50. The molecule has 0 saturated carbocycles. The number of aromatic nitrogens is 3. The van der Waals surface area contributed by atoms with E-state index in [-0.39, 0.29) is 11.1 Å². The van der Waals surface area contributed by atoms with Gasteiger partial charge in [0, 0.05) is 75.2 Å². The lowest BCUT2D eigenvalue weighted by Crippen LogP contribution is -2.60. The minimum Gasteiger partial charge on any atom is -0.463 e. The molecule has 2 aliphatic heterocycles. The number of fused-ring (bicyclic) bond motifs is 2. The Kier molecular flexibility index (Phi) is 8.77. The fourth-order valence-corrected chi connectivity index (χ4v) is 6.35. The van der Waals surface area contributed by atoms with Crippen LogP contribution in [0.25, 0.3) is 33.1 Å². The number of ether oxygens (including phenoxy) is 5. The third kappa shape index (κ3) is 6.04. The minimum absolute atomic E-state index is 0.109. The van der Waals surface area contributed by atoms with Crippen molar-refractivity contribution >= 4 is 68.8 Å². The molecule has 3 aromatic heterocycles. The largest absolute Gasteiger partial charge is 0.463 e. The topological polar surface area (TPSA) is 185 Å². The van der Waals surface area contributed by atoms with Gasteiger partial charge in [0.1, 0.15) is 18.4 Å². The summed E-state index contributed by atoms with van der Waals surface area (Å²) in [6, 6.07) is 10.5. The van der Waals surface area contributed by atoms with Crippen LogP contribution in [0, 0.1) is 0 Å². The van der Waals surface area contributed by atoms with Crippen molar-refractivity contribution in [2.24, 2.45) is 0 Å². The summed E-state index contributed by atoms with van der Waals surface area (Å²) in [5.41, 5.74) is 2.11. The maximum absolute atomic E-state index is 13.9. The molecule has 1 fully saturated rings. The van der Waals surface area contributed by atoms with Gasteiger partial charge in [-0.3, -0.25) is 33.7 Å². The Bertz CT molecular complexity index is 2060. The Morgan fingerprint density at radius 1 is 0.796 bits per heavy atom. The molecule has 2 aliphatic rings. The second kappa shape index (κ2) is 13.0. The number of carbonyl (C=O) groups excluding carboxylic acids is 6. The SMILES string of the molecule is CC(=O)OC[C@H]1OC(n2cc(C3=C(c4c[nH]c5ncccc45)C(=O)N(C)C3=O)c3ccccc32)[C@H](OC(C)=O)[C@@H](OC(C)=O)[C@@H]1OC(C)=O. The van der Waals surface area contributed by atoms with Crippen LogP contribution in [0.2, 0.25) is 0 Å². The first-order valence-electron chi connectivity index (χ1n) is 15.3. The molecule has 254 valence electrons. The summed E-state index contributed by atoms with van der Waals surface area (Å²) in [5.74, 6) is -4.01. The standard InChI is InChI=1S/C34H32N4O11/c1-16(39)45-15-25-28(46-17(2)40)29(47-18(3)41)30(48-19(4)42)34(49-25)38-14-23(20-9-6-7-11-24(20)38)27-26(32(43)37(5)33(27)44)22-13-36-31-21(22)10-8-12-35-31/h6-14,25,28-30,34H,15H2,1-5H3,(H,35,36)/t25-,28-,29+,30-,34?/m1/s1. The van der Waals surface area contributed by atoms with Crippen molar-refractivity contribution in [3.8, 4) is 0 Å². The molecule has 6 rings (SSSR count). The molecule has 5 atom stereocenters. The number of imide groups is 1. The number of hydrogen-bond acceptors (Lipinski definition) is 12. The molecule has 1 saturated heterocycles. The van der Waals surface area contributed by atoms with Gasteiger partial charge in [-0.1, -0.05) is 18.2 Å². The van der Waals surface area contributed by atoms with Crippen LogP contribution in [0.5, 0.6) is 0 Å². The predicted octanol–water partition coefficient (Wildman–Crippen LogP) is 2.68. The lowest BCUT2D eigenvalue weighted by atomic mass is 9.96. The molecule has 0 spiro atoms. The molecular formula is C34H32N4O11. The van der Waals surface area contributed by atoms with Crippen LogP contribution in [0.3, 0.4) is 0 Å². The molecule has 15 nitrogen and oxygen atoms in total. The average Bonchev–Trinajstić information content (AvgIpc) is 3.70. The van der Waals surface area contributed by atoms with E-state index in [1.807, 2.05) is 0 Å². The van der Waals surface area contributed by atoms with Gasteiger partial charge in [0.05, 0.1) is 16.7 Å². The highest BCUT2D eigenvalue weighted by Gasteiger charge is 2.53. The first kappa shape index (κ1) is 33.1. The van der Waals surface area contributed by atoms with Crippen LogP contribution in [-0.4, -0.2) is 93.2 Å². The van der Waals surface area contributed by atoms with Crippen molar-refractivity contribution < 1.29 is 52.5 Å². The van der Waals surface area contributed by atoms with Crippen molar-refractivity contribution in [2.45, 2.75) is 58.3 Å². The summed E-state index contributed by atoms with van der Waals surface area (Å²) in [6.07, 6.45) is -1.85. The number of esters is 4. The Labute approximate surface area is 278 Å². The predicted molar refractivity (Wildman–Crippen MR) is 170 cm³/mol. The second-order valence-corrected chi connectivity index (χ2v) is 11.6. The summed E-state index contributed by atoms with van der Waals surface area (Å²) < 4.78 is 30.1. The number of benzene rings is 1. The summed E-state index contributed by atoms with van der Waals surface area (Å²) in [6.45, 7) is 4.20. The zero-order valence-electron chi connectivity index (χ0n) is 27.1. The molecule has 0 aliphatic carbocycles. The van der Waals surface area contributed by atoms with E-state index in [4.69, 9.17) is 23.7 Å². The van der Waals surface area contributed by atoms with Crippen LogP contribution in [0.1, 0.15) is 45.0 Å². The third-order valence-corrected chi connectivity index (χ3v) is 8.26. The van der Waals surface area contributed by atoms with E-state index in [0.29, 0.717) is 33.1 Å². The van der Waals surface area contributed by atoms with Gasteiger partial charge in [-0.25, -0.2) is 4.98 Å². The smallest absolute Gasteiger partial charge is 0.303 e. The third-order valence-electron chi connectivity index (χ3n) is 8.26. The summed E-state index contributed by atoms with van der Waals surface area (Å²) in [7, 11) is 1.39. The van der Waals surface area contributed by atoms with Crippen LogP contribution >= 0.6 is 0 Å². The van der Waals surface area contributed by atoms with E-state index in [1.165, 1.54) is 14.0 Å². The van der Waals surface area contributed by atoms with Gasteiger partial charge in [0.15, 0.2) is 24.5 Å². The maximum atomic E-state index is 13.9. The highest BCUT2D eigenvalue weighted by atomic mass is 16.7. The quantitative estimate of drug-likeness (QED) is 0.164. The van der Waals surface area contributed by atoms with Gasteiger partial charge >= 0.3 is 23.9 Å². The lowest BCUT2D eigenvalue weighted by molar-refractivity contribution is -0.267. The number of para-hydroxylation sites is 1. The number of amides is 2. The van der Waals surface area contributed by atoms with Crippen molar-refractivity contribution in [3.05, 3.63) is 66.1 Å². The number of likely N-dealkylation sites (N-methyl/N-ethyl adjacent to an activating group) is 1. The van der Waals surface area contributed by atoms with Crippen molar-refractivity contribution in [1.29, 1.82) is 0 Å². The summed E-state index contributed by atoms with van der Waals surface area (Å²) in [4.78, 5) is 84.9. The van der Waals surface area contributed by atoms with E-state index < -0.39 is 72.9 Å². The fraction of sp³-hybridized carbons (Fsp3) is 0.324. The number of carbonyl (C=O) groups is 6. The van der Waals surface area contributed by atoms with Gasteiger partial charge in [0.2, 0.25) is 0 Å². The van der Waals surface area contributed by atoms with Gasteiger partial charge in [-0.05, 0) is 18.2 Å². The van der Waals surface area contributed by atoms with Gasteiger partial charge in [-0.2, -0.15) is 0 Å². The minimum atomic E-state index is -1.41. The van der Waals surface area contributed by atoms with E-state index >= 15 is 0 Å². The molecule has 0 bridgehead atoms. The zero-order chi connectivity index (χ0) is 35.1. The molecule has 5 heterocycles. The molecular weight excluding hydrogens is 640 g/mol. The number of H-pyrrole nitrogens is 1. The van der Waals surface area contributed by atoms with Crippen molar-refractivity contribution in [3.63, 3.8) is 0 Å². The number of hydrogen-bond donors (Lipinski definition) is 1. The van der Waals surface area contributed by atoms with E-state index in [2.05, 4.69) is 9.97 Å². The van der Waals surface area contributed by atoms with Crippen LogP contribution in [0.15, 0.2) is 55.0 Å². The zero-order valence-corrected chi connectivity index (χ0v) is 27.1. The normalized spacial score (nSPS) is 22.5. The molecule has 49 heavy (non-hydrogen) atoms. The Morgan fingerprint density at radius 3 is 2.08 bits per heavy atom. The molecule has 1 N–H and O–H groups in total. The van der Waals surface area contributed by atoms with Crippen molar-refractivity contribution in [2.75, 3.05) is 13.7 Å². The Balaban J connectivity index is 1.58. The van der Waals surface area contributed by atoms with Crippen LogP contribution in [-0.2, 0) is 52.5 Å². The van der Waals surface area contributed by atoms with Gasteiger partial charge < -0.3 is 33.2 Å². The molecule has 0 radical (unpaired) electrons.